The van der Waals surface area contributed by atoms with Crippen molar-refractivity contribution >= 4 is 23.9 Å². The van der Waals surface area contributed by atoms with Crippen LogP contribution in [-0.4, -0.2) is 63.7 Å². The fourth-order valence-electron chi connectivity index (χ4n) is 4.64. The molecule has 0 fully saturated rings. The van der Waals surface area contributed by atoms with Crippen LogP contribution < -0.4 is 20.4 Å². The average molecular weight is 1050 g/mol. The molecule has 0 saturated heterocycles. The summed E-state index contributed by atoms with van der Waals surface area (Å²) < 4.78 is 0. The molecule has 8 aromatic heterocycles. The maximum absolute atomic E-state index is 10.0. The third kappa shape index (κ3) is 20.9. The number of hydrogen-bond acceptors (Lipinski definition) is 16. The molecule has 8 heterocycles. The SMILES string of the molecule is Cc1ccnc(-c2cc(C)ccn2)c1.Cc1ccnc(-c2cc(C)ccn2)c1.O=C([O-])c1ccccn1.O=C([O-])c1ccccn1.O=C([O-])c1ccccn1.O=C([O-])c1ccccn1.[Os+4]. The van der Waals surface area contributed by atoms with Crippen LogP contribution in [0.2, 0.25) is 0 Å². The molecule has 65 heavy (non-hydrogen) atoms. The van der Waals surface area contributed by atoms with Crippen molar-refractivity contribution in [2.24, 2.45) is 0 Å². The first kappa shape index (κ1) is 52.9. The van der Waals surface area contributed by atoms with Gasteiger partial charge in [-0.1, -0.05) is 24.3 Å². The van der Waals surface area contributed by atoms with Gasteiger partial charge in [0.2, 0.25) is 0 Å². The van der Waals surface area contributed by atoms with Gasteiger partial charge in [0.25, 0.3) is 0 Å². The van der Waals surface area contributed by atoms with Crippen LogP contribution in [0.1, 0.15) is 64.2 Å². The van der Waals surface area contributed by atoms with Gasteiger partial charge in [0.1, 0.15) is 0 Å². The van der Waals surface area contributed by atoms with E-state index in [2.05, 4.69) is 67.6 Å². The summed E-state index contributed by atoms with van der Waals surface area (Å²) in [6, 6.07) is 34.6. The van der Waals surface area contributed by atoms with Crippen molar-refractivity contribution in [3.63, 3.8) is 0 Å². The molecule has 0 aliphatic heterocycles. The third-order valence-electron chi connectivity index (χ3n) is 7.68. The number of aryl methyl sites for hydroxylation is 4. The molecule has 0 bridgehead atoms. The monoisotopic (exact) mass is 1050 g/mol. The van der Waals surface area contributed by atoms with Gasteiger partial charge in [0, 0.05) is 49.6 Å². The summed E-state index contributed by atoms with van der Waals surface area (Å²) in [5.41, 5.74) is 8.46. The van der Waals surface area contributed by atoms with Crippen molar-refractivity contribution in [1.29, 1.82) is 0 Å². The van der Waals surface area contributed by atoms with Gasteiger partial charge in [-0.15, -0.1) is 0 Å². The van der Waals surface area contributed by atoms with Gasteiger partial charge in [0.15, 0.2) is 0 Å². The maximum atomic E-state index is 10.0. The first-order valence-corrected chi connectivity index (χ1v) is 18.9. The number of hydrogen-bond donors (Lipinski definition) is 0. The van der Waals surface area contributed by atoms with E-state index in [-0.39, 0.29) is 42.6 Å². The molecule has 0 saturated carbocycles. The van der Waals surface area contributed by atoms with Crippen molar-refractivity contribution in [3.05, 3.63) is 216 Å². The first-order chi connectivity index (χ1) is 30.7. The van der Waals surface area contributed by atoms with E-state index >= 15 is 0 Å². The number of aromatic carboxylic acids is 4. The molecule has 0 radical (unpaired) electrons. The normalized spacial score (nSPS) is 9.29. The third-order valence-corrected chi connectivity index (χ3v) is 7.68. The summed E-state index contributed by atoms with van der Waals surface area (Å²) in [5, 5.41) is 40.1. The Labute approximate surface area is 388 Å². The summed E-state index contributed by atoms with van der Waals surface area (Å²) >= 11 is 0. The van der Waals surface area contributed by atoms with E-state index in [9.17, 15) is 39.6 Å². The van der Waals surface area contributed by atoms with Gasteiger partial charge in [0.05, 0.1) is 69.4 Å². The standard InChI is InChI=1S/2C12H12N2.4C6H5NO2.Os/c2*1-9-3-5-13-11(7-9)12-8-10(2)4-6-14-12;4*8-6(9)5-3-1-2-4-7-5;/h2*3-8H,1-2H3;4*1-4H,(H,8,9);/q;;;;;;+4/p-4. The van der Waals surface area contributed by atoms with E-state index in [0.717, 1.165) is 22.8 Å². The summed E-state index contributed by atoms with van der Waals surface area (Å²) in [6.07, 6.45) is 12.9. The number of aromatic nitrogens is 8. The van der Waals surface area contributed by atoms with E-state index in [0.29, 0.717) is 0 Å². The minimum Gasteiger partial charge on any atom is -0.543 e. The quantitative estimate of drug-likeness (QED) is 0.231. The summed E-state index contributed by atoms with van der Waals surface area (Å²) in [6.45, 7) is 8.23. The molecule has 8 aromatic rings. The van der Waals surface area contributed by atoms with Crippen molar-refractivity contribution in [3.8, 4) is 22.8 Å². The molecule has 328 valence electrons. The Morgan fingerprint density at radius 1 is 0.308 bits per heavy atom. The number of pyridine rings is 8. The number of nitrogens with zero attached hydrogens (tertiary/aromatic N) is 8. The zero-order chi connectivity index (χ0) is 46.7. The maximum Gasteiger partial charge on any atom is 4.00 e. The predicted octanol–water partition coefficient (Wildman–Crippen LogP) is 3.30. The Kier molecular flexibility index (Phi) is 23.7. The van der Waals surface area contributed by atoms with Crippen molar-refractivity contribution in [2.45, 2.75) is 27.7 Å². The van der Waals surface area contributed by atoms with Crippen molar-refractivity contribution in [2.75, 3.05) is 0 Å². The molecule has 0 amide bonds. The van der Waals surface area contributed by atoms with E-state index < -0.39 is 23.9 Å². The molecule has 16 nitrogen and oxygen atoms in total. The van der Waals surface area contributed by atoms with Crippen molar-refractivity contribution < 1.29 is 59.4 Å². The molecule has 0 aliphatic rings. The fourth-order valence-corrected chi connectivity index (χ4v) is 4.64. The summed E-state index contributed by atoms with van der Waals surface area (Å²) in [4.78, 5) is 71.3. The number of carboxylic acid groups (broad SMARTS) is 4. The summed E-state index contributed by atoms with van der Waals surface area (Å²) in [5.74, 6) is -4.96. The van der Waals surface area contributed by atoms with Crippen LogP contribution in [-0.2, 0) is 19.8 Å². The van der Waals surface area contributed by atoms with Crippen LogP contribution in [0.4, 0.5) is 0 Å². The Hall–Kier alpha value is -8.28. The number of carbonyl (C=O) groups is 4. The minimum atomic E-state index is -1.24. The molecule has 8 rings (SSSR count). The van der Waals surface area contributed by atoms with Crippen LogP contribution in [0.15, 0.2) is 171 Å². The van der Waals surface area contributed by atoms with Crippen LogP contribution in [0.5, 0.6) is 0 Å². The van der Waals surface area contributed by atoms with Crippen LogP contribution in [0, 0.1) is 27.7 Å². The molecule has 0 spiro atoms. The predicted molar refractivity (Wildman–Crippen MR) is 228 cm³/mol. The molecule has 0 aliphatic carbocycles. The van der Waals surface area contributed by atoms with E-state index in [4.69, 9.17) is 0 Å². The average Bonchev–Trinajstić information content (AvgIpc) is 3.31. The largest absolute Gasteiger partial charge is 4.00 e. The Balaban J connectivity index is 0.000000271. The van der Waals surface area contributed by atoms with E-state index in [1.807, 2.05) is 73.3 Å². The summed E-state index contributed by atoms with van der Waals surface area (Å²) in [7, 11) is 0. The molecular weight excluding hydrogens is 1010 g/mol. The molecule has 0 atom stereocenters. The first-order valence-electron chi connectivity index (χ1n) is 18.9. The fraction of sp³-hybridized carbons (Fsp3) is 0.0833. The Morgan fingerprint density at radius 3 is 0.631 bits per heavy atom. The number of carboxylic acids is 4. The van der Waals surface area contributed by atoms with Gasteiger partial charge in [-0.2, -0.15) is 0 Å². The minimum absolute atomic E-state index is 0. The topological polar surface area (TPSA) is 264 Å². The smallest absolute Gasteiger partial charge is 0.543 e. The van der Waals surface area contributed by atoms with Gasteiger partial charge in [-0.25, -0.2) is 0 Å². The van der Waals surface area contributed by atoms with Crippen molar-refractivity contribution in [1.82, 2.24) is 39.9 Å². The zero-order valence-corrected chi connectivity index (χ0v) is 37.9. The van der Waals surface area contributed by atoms with Crippen LogP contribution in [0.25, 0.3) is 22.8 Å². The van der Waals surface area contributed by atoms with Gasteiger partial charge in [-0.3, -0.25) is 39.9 Å². The molecule has 0 unspecified atom stereocenters. The second-order valence-electron chi connectivity index (χ2n) is 12.9. The Bertz CT molecular complexity index is 2310. The van der Waals surface area contributed by atoms with Gasteiger partial charge >= 0.3 is 19.8 Å². The molecule has 0 aromatic carbocycles. The number of rotatable bonds is 6. The van der Waals surface area contributed by atoms with Gasteiger partial charge < -0.3 is 39.6 Å². The number of carbonyl (C=O) groups excluding carboxylic acids is 4. The van der Waals surface area contributed by atoms with E-state index in [1.54, 1.807) is 48.5 Å². The van der Waals surface area contributed by atoms with Gasteiger partial charge in [-0.05, 0) is 147 Å². The van der Waals surface area contributed by atoms with Crippen LogP contribution in [0.3, 0.4) is 0 Å². The second-order valence-corrected chi connectivity index (χ2v) is 12.9. The second kappa shape index (κ2) is 29.1. The van der Waals surface area contributed by atoms with Crippen LogP contribution >= 0.6 is 0 Å². The molecule has 17 heteroatoms. The Morgan fingerprint density at radius 2 is 0.508 bits per heavy atom. The molecular formula is C48H40N8O8Os. The van der Waals surface area contributed by atoms with E-state index in [1.165, 1.54) is 71.3 Å². The zero-order valence-electron chi connectivity index (χ0n) is 35.4. The molecule has 0 N–H and O–H groups in total.